The molecule has 2 aliphatic heterocycles. The summed E-state index contributed by atoms with van der Waals surface area (Å²) < 4.78 is 6.64. The zero-order valence-electron chi connectivity index (χ0n) is 16.0. The molecule has 1 saturated heterocycles. The minimum absolute atomic E-state index is 0.169. The van der Waals surface area contributed by atoms with Crippen LogP contribution in [0, 0.1) is 5.92 Å². The van der Waals surface area contributed by atoms with Crippen LogP contribution in [0.5, 0.6) is 0 Å². The standard InChI is InChI=1S/C23H30N2O/c1-15(2)17-9-12-21-20(13-17)23-19(11-10-18(26-23)14-24-3)22(25-21)16-7-5-4-6-8-16/h4-9,12-13,15,18-19,22-25H,10-11,14H2,1-3H3/t18-,19+,22+,23+/m1/s1. The van der Waals surface area contributed by atoms with Gasteiger partial charge in [0, 0.05) is 23.7 Å². The predicted octanol–water partition coefficient (Wildman–Crippen LogP) is 5.03. The van der Waals surface area contributed by atoms with Crippen LogP contribution in [0.4, 0.5) is 5.69 Å². The lowest BCUT2D eigenvalue weighted by molar-refractivity contribution is -0.0910. The molecule has 0 aliphatic carbocycles. The molecule has 2 heterocycles. The van der Waals surface area contributed by atoms with Gasteiger partial charge in [0.05, 0.1) is 18.2 Å². The van der Waals surface area contributed by atoms with Crippen LogP contribution in [0.2, 0.25) is 0 Å². The first-order valence-electron chi connectivity index (χ1n) is 9.92. The van der Waals surface area contributed by atoms with E-state index < -0.39 is 0 Å². The molecule has 2 aromatic rings. The van der Waals surface area contributed by atoms with Crippen LogP contribution in [-0.2, 0) is 4.74 Å². The van der Waals surface area contributed by atoms with Crippen molar-refractivity contribution in [2.75, 3.05) is 18.9 Å². The monoisotopic (exact) mass is 350 g/mol. The second-order valence-electron chi connectivity index (χ2n) is 8.01. The van der Waals surface area contributed by atoms with Crippen molar-refractivity contribution in [3.05, 3.63) is 65.2 Å². The van der Waals surface area contributed by atoms with E-state index in [9.17, 15) is 0 Å². The molecule has 0 saturated carbocycles. The summed E-state index contributed by atoms with van der Waals surface area (Å²) in [6.07, 6.45) is 2.77. The molecule has 1 fully saturated rings. The Morgan fingerprint density at radius 1 is 1.12 bits per heavy atom. The minimum atomic E-state index is 0.169. The number of nitrogens with one attached hydrogen (secondary N) is 2. The van der Waals surface area contributed by atoms with Crippen molar-refractivity contribution in [1.82, 2.24) is 5.32 Å². The van der Waals surface area contributed by atoms with Gasteiger partial charge >= 0.3 is 0 Å². The van der Waals surface area contributed by atoms with Gasteiger partial charge in [0.25, 0.3) is 0 Å². The summed E-state index contributed by atoms with van der Waals surface area (Å²) >= 11 is 0. The Morgan fingerprint density at radius 3 is 2.65 bits per heavy atom. The van der Waals surface area contributed by atoms with E-state index in [1.165, 1.54) is 28.8 Å². The average molecular weight is 351 g/mol. The van der Waals surface area contributed by atoms with Crippen molar-refractivity contribution < 1.29 is 4.74 Å². The number of benzene rings is 2. The van der Waals surface area contributed by atoms with Crippen molar-refractivity contribution in [2.45, 2.75) is 50.9 Å². The molecule has 4 atom stereocenters. The van der Waals surface area contributed by atoms with Gasteiger partial charge in [0.15, 0.2) is 0 Å². The zero-order valence-corrected chi connectivity index (χ0v) is 16.0. The number of ether oxygens (including phenoxy) is 1. The summed E-state index contributed by atoms with van der Waals surface area (Å²) in [4.78, 5) is 0. The minimum Gasteiger partial charge on any atom is -0.378 e. The second-order valence-corrected chi connectivity index (χ2v) is 8.01. The van der Waals surface area contributed by atoms with E-state index >= 15 is 0 Å². The molecule has 2 N–H and O–H groups in total. The van der Waals surface area contributed by atoms with Gasteiger partial charge in [0.2, 0.25) is 0 Å². The molecule has 4 rings (SSSR count). The lowest BCUT2D eigenvalue weighted by Crippen LogP contribution is -2.41. The Balaban J connectivity index is 1.73. The zero-order chi connectivity index (χ0) is 18.1. The topological polar surface area (TPSA) is 33.3 Å². The van der Waals surface area contributed by atoms with Crippen LogP contribution in [0.25, 0.3) is 0 Å². The number of hydrogen-bond acceptors (Lipinski definition) is 3. The maximum absolute atomic E-state index is 6.64. The summed E-state index contributed by atoms with van der Waals surface area (Å²) in [6.45, 7) is 5.44. The molecular formula is C23H30N2O. The SMILES string of the molecule is CNC[C@H]1CC[C@@H]2[C@H](O1)c1cc(C(C)C)ccc1N[C@H]2c1ccccc1. The molecule has 0 spiro atoms. The van der Waals surface area contributed by atoms with E-state index in [0.717, 1.165) is 13.0 Å². The van der Waals surface area contributed by atoms with E-state index in [0.29, 0.717) is 24.0 Å². The van der Waals surface area contributed by atoms with Gasteiger partial charge in [-0.1, -0.05) is 56.3 Å². The van der Waals surface area contributed by atoms with E-state index in [4.69, 9.17) is 4.74 Å². The van der Waals surface area contributed by atoms with Crippen LogP contribution in [0.3, 0.4) is 0 Å². The fraction of sp³-hybridized carbons (Fsp3) is 0.478. The van der Waals surface area contributed by atoms with Crippen LogP contribution in [0.15, 0.2) is 48.5 Å². The molecule has 0 amide bonds. The Morgan fingerprint density at radius 2 is 1.92 bits per heavy atom. The average Bonchev–Trinajstić information content (AvgIpc) is 2.68. The van der Waals surface area contributed by atoms with Crippen molar-refractivity contribution in [3.8, 4) is 0 Å². The predicted molar refractivity (Wildman–Crippen MR) is 108 cm³/mol. The van der Waals surface area contributed by atoms with Gasteiger partial charge in [0.1, 0.15) is 0 Å². The van der Waals surface area contributed by atoms with E-state index in [1.807, 2.05) is 7.05 Å². The normalized spacial score (nSPS) is 27.5. The molecule has 0 bridgehead atoms. The highest BCUT2D eigenvalue weighted by atomic mass is 16.5. The Kier molecular flexibility index (Phi) is 5.01. The first-order valence-corrected chi connectivity index (χ1v) is 9.92. The summed E-state index contributed by atoms with van der Waals surface area (Å²) in [5, 5.41) is 7.12. The Labute approximate surface area is 157 Å². The third-order valence-corrected chi connectivity index (χ3v) is 5.93. The molecule has 2 aliphatic rings. The Bertz CT molecular complexity index is 743. The van der Waals surface area contributed by atoms with Gasteiger partial charge in [-0.05, 0) is 43.0 Å². The van der Waals surface area contributed by atoms with Gasteiger partial charge in [-0.2, -0.15) is 0 Å². The maximum Gasteiger partial charge on any atom is 0.0900 e. The number of hydrogen-bond donors (Lipinski definition) is 2. The fourth-order valence-electron chi connectivity index (χ4n) is 4.50. The van der Waals surface area contributed by atoms with Crippen molar-refractivity contribution in [3.63, 3.8) is 0 Å². The highest BCUT2D eigenvalue weighted by Crippen LogP contribution is 2.50. The molecule has 0 radical (unpaired) electrons. The molecule has 138 valence electrons. The first-order chi connectivity index (χ1) is 12.7. The van der Waals surface area contributed by atoms with Crippen molar-refractivity contribution in [2.24, 2.45) is 5.92 Å². The largest absolute Gasteiger partial charge is 0.378 e. The van der Waals surface area contributed by atoms with E-state index in [1.54, 1.807) is 0 Å². The quantitative estimate of drug-likeness (QED) is 0.811. The smallest absolute Gasteiger partial charge is 0.0900 e. The summed E-state index contributed by atoms with van der Waals surface area (Å²) in [6, 6.07) is 18.0. The maximum atomic E-state index is 6.64. The highest BCUT2D eigenvalue weighted by Gasteiger charge is 2.42. The van der Waals surface area contributed by atoms with Gasteiger partial charge in [-0.15, -0.1) is 0 Å². The molecule has 0 aromatic heterocycles. The number of anilines is 1. The second kappa shape index (κ2) is 7.42. The van der Waals surface area contributed by atoms with Crippen LogP contribution in [-0.4, -0.2) is 19.7 Å². The molecular weight excluding hydrogens is 320 g/mol. The summed E-state index contributed by atoms with van der Waals surface area (Å²) in [5.74, 6) is 1.00. The van der Waals surface area contributed by atoms with Gasteiger partial charge in [-0.25, -0.2) is 0 Å². The van der Waals surface area contributed by atoms with Gasteiger partial charge < -0.3 is 15.4 Å². The van der Waals surface area contributed by atoms with Crippen molar-refractivity contribution >= 4 is 5.69 Å². The Hall–Kier alpha value is -1.84. The number of fused-ring (bicyclic) bond motifs is 3. The van der Waals surface area contributed by atoms with Crippen LogP contribution >= 0.6 is 0 Å². The lowest BCUT2D eigenvalue weighted by atomic mass is 9.76. The molecule has 3 heteroatoms. The van der Waals surface area contributed by atoms with Gasteiger partial charge in [-0.3, -0.25) is 0 Å². The molecule has 2 aromatic carbocycles. The molecule has 0 unspecified atom stereocenters. The van der Waals surface area contributed by atoms with Crippen molar-refractivity contribution in [1.29, 1.82) is 0 Å². The summed E-state index contributed by atoms with van der Waals surface area (Å²) in [7, 11) is 2.01. The highest BCUT2D eigenvalue weighted by molar-refractivity contribution is 5.58. The fourth-order valence-corrected chi connectivity index (χ4v) is 4.50. The third kappa shape index (κ3) is 3.26. The first kappa shape index (κ1) is 17.6. The van der Waals surface area contributed by atoms with Crippen LogP contribution < -0.4 is 10.6 Å². The number of rotatable bonds is 4. The molecule has 26 heavy (non-hydrogen) atoms. The number of likely N-dealkylation sites (N-methyl/N-ethyl adjacent to an activating group) is 1. The summed E-state index contributed by atoms with van der Waals surface area (Å²) in [5.41, 5.74) is 5.32. The van der Waals surface area contributed by atoms with Crippen LogP contribution in [0.1, 0.15) is 61.4 Å². The third-order valence-electron chi connectivity index (χ3n) is 5.93. The van der Waals surface area contributed by atoms with E-state index in [-0.39, 0.29) is 6.10 Å². The van der Waals surface area contributed by atoms with E-state index in [2.05, 4.69) is 73.0 Å². The lowest BCUT2D eigenvalue weighted by Gasteiger charge is -2.46. The molecule has 3 nitrogen and oxygen atoms in total.